The van der Waals surface area contributed by atoms with Crippen molar-refractivity contribution in [3.05, 3.63) is 158 Å². The van der Waals surface area contributed by atoms with Crippen molar-refractivity contribution in [3.8, 4) is 51.2 Å². The molecule has 216 valence electrons. The molecule has 46 heavy (non-hydrogen) atoms. The van der Waals surface area contributed by atoms with Crippen molar-refractivity contribution >= 4 is 32.8 Å². The highest BCUT2D eigenvalue weighted by molar-refractivity contribution is 6.09. The molecule has 9 aromatic rings. The van der Waals surface area contributed by atoms with E-state index in [2.05, 4.69) is 95.6 Å². The Kier molecular flexibility index (Phi) is 6.06. The monoisotopic (exact) mass is 590 g/mol. The van der Waals surface area contributed by atoms with Crippen LogP contribution in [0.1, 0.15) is 0 Å². The third kappa shape index (κ3) is 4.37. The van der Waals surface area contributed by atoms with Crippen LogP contribution in [-0.4, -0.2) is 19.5 Å². The molecule has 0 bridgehead atoms. The van der Waals surface area contributed by atoms with Crippen molar-refractivity contribution in [2.45, 2.75) is 0 Å². The molecule has 3 heterocycles. The van der Waals surface area contributed by atoms with Crippen molar-refractivity contribution in [3.63, 3.8) is 0 Å². The second-order valence-corrected chi connectivity index (χ2v) is 11.3. The summed E-state index contributed by atoms with van der Waals surface area (Å²) >= 11 is 0. The van der Waals surface area contributed by atoms with E-state index in [4.69, 9.17) is 19.4 Å². The second-order valence-electron chi connectivity index (χ2n) is 11.3. The summed E-state index contributed by atoms with van der Waals surface area (Å²) in [5, 5.41) is 3.40. The predicted octanol–water partition coefficient (Wildman–Crippen LogP) is 10.4. The lowest BCUT2D eigenvalue weighted by Crippen LogP contribution is -2.03. The van der Waals surface area contributed by atoms with Crippen LogP contribution in [0.25, 0.3) is 83.9 Å². The third-order valence-corrected chi connectivity index (χ3v) is 8.48. The Bertz CT molecular complexity index is 2460. The van der Waals surface area contributed by atoms with Crippen LogP contribution in [0.2, 0.25) is 0 Å². The van der Waals surface area contributed by atoms with E-state index in [0.717, 1.165) is 49.9 Å². The summed E-state index contributed by atoms with van der Waals surface area (Å²) in [5.74, 6) is 2.23. The molecule has 0 spiro atoms. The van der Waals surface area contributed by atoms with Crippen LogP contribution in [0.3, 0.4) is 0 Å². The molecule has 0 aliphatic heterocycles. The Labute approximate surface area is 265 Å². The Morgan fingerprint density at radius 2 is 1.04 bits per heavy atom. The SMILES string of the molecule is c1ccc(-c2cccc(-c3nc(-c4cc5ccccc5o4)nc(-c4ccccc4-n4c5ccccc5c5ccccc54)n3)c2)cc1. The Balaban J connectivity index is 1.29. The van der Waals surface area contributed by atoms with Crippen LogP contribution in [0, 0.1) is 0 Å². The number of benzene rings is 6. The number of aromatic nitrogens is 4. The fourth-order valence-corrected chi connectivity index (χ4v) is 6.34. The summed E-state index contributed by atoms with van der Waals surface area (Å²) in [7, 11) is 0. The maximum Gasteiger partial charge on any atom is 0.199 e. The average molecular weight is 591 g/mol. The standard InChI is InChI=1S/C41H26N4O/c1-2-13-27(14-3-1)28-16-12-17-30(25-28)39-42-40(44-41(43-39)38-26-29-15-4-11-24-37(29)46-38)33-20-7-10-23-36(33)45-34-21-8-5-18-31(34)32-19-6-9-22-35(32)45/h1-26H. The third-order valence-electron chi connectivity index (χ3n) is 8.48. The van der Waals surface area contributed by atoms with Crippen molar-refractivity contribution in [1.82, 2.24) is 19.5 Å². The fourth-order valence-electron chi connectivity index (χ4n) is 6.34. The molecule has 0 saturated heterocycles. The normalized spacial score (nSPS) is 11.5. The average Bonchev–Trinajstić information content (AvgIpc) is 3.72. The highest BCUT2D eigenvalue weighted by Crippen LogP contribution is 2.37. The van der Waals surface area contributed by atoms with Crippen LogP contribution in [0.5, 0.6) is 0 Å². The van der Waals surface area contributed by atoms with Crippen molar-refractivity contribution in [2.75, 3.05) is 0 Å². The number of hydrogen-bond donors (Lipinski definition) is 0. The number of fused-ring (bicyclic) bond motifs is 4. The van der Waals surface area contributed by atoms with E-state index >= 15 is 0 Å². The molecular weight excluding hydrogens is 564 g/mol. The second kappa shape index (κ2) is 10.7. The van der Waals surface area contributed by atoms with E-state index in [1.807, 2.05) is 66.7 Å². The van der Waals surface area contributed by atoms with Crippen LogP contribution < -0.4 is 0 Å². The van der Waals surface area contributed by atoms with Gasteiger partial charge in [-0.2, -0.15) is 0 Å². The van der Waals surface area contributed by atoms with Gasteiger partial charge in [-0.15, -0.1) is 0 Å². The Hall–Kier alpha value is -6.33. The maximum atomic E-state index is 6.29. The molecule has 0 unspecified atom stereocenters. The number of nitrogens with zero attached hydrogens (tertiary/aromatic N) is 4. The highest BCUT2D eigenvalue weighted by Gasteiger charge is 2.20. The zero-order valence-electron chi connectivity index (χ0n) is 24.7. The summed E-state index contributed by atoms with van der Waals surface area (Å²) < 4.78 is 8.59. The van der Waals surface area contributed by atoms with Gasteiger partial charge in [0.05, 0.1) is 16.7 Å². The molecule has 0 N–H and O–H groups in total. The first kappa shape index (κ1) is 26.1. The molecule has 9 rings (SSSR count). The van der Waals surface area contributed by atoms with Crippen molar-refractivity contribution in [2.24, 2.45) is 0 Å². The van der Waals surface area contributed by atoms with E-state index in [9.17, 15) is 0 Å². The molecule has 0 aliphatic rings. The number of furan rings is 1. The number of para-hydroxylation sites is 4. The van der Waals surface area contributed by atoms with Gasteiger partial charge < -0.3 is 8.98 Å². The van der Waals surface area contributed by atoms with Gasteiger partial charge in [0.2, 0.25) is 0 Å². The Morgan fingerprint density at radius 1 is 0.435 bits per heavy atom. The minimum Gasteiger partial charge on any atom is -0.453 e. The Morgan fingerprint density at radius 3 is 1.85 bits per heavy atom. The van der Waals surface area contributed by atoms with E-state index in [1.165, 1.54) is 10.8 Å². The first-order chi connectivity index (χ1) is 22.8. The molecule has 6 aromatic carbocycles. The molecule has 0 fully saturated rings. The lowest BCUT2D eigenvalue weighted by Gasteiger charge is -2.14. The van der Waals surface area contributed by atoms with Crippen LogP contribution in [0.4, 0.5) is 0 Å². The molecule has 5 heteroatoms. The van der Waals surface area contributed by atoms with E-state index < -0.39 is 0 Å². The summed E-state index contributed by atoms with van der Waals surface area (Å²) in [4.78, 5) is 15.2. The zero-order chi connectivity index (χ0) is 30.5. The topological polar surface area (TPSA) is 56.7 Å². The lowest BCUT2D eigenvalue weighted by atomic mass is 10.0. The lowest BCUT2D eigenvalue weighted by molar-refractivity contribution is 0.625. The molecule has 0 saturated carbocycles. The summed E-state index contributed by atoms with van der Waals surface area (Å²) in [5.41, 5.74) is 8.05. The van der Waals surface area contributed by atoms with E-state index in [1.54, 1.807) is 0 Å². The molecule has 0 aliphatic carbocycles. The number of rotatable bonds is 5. The van der Waals surface area contributed by atoms with Gasteiger partial charge in [0.1, 0.15) is 5.58 Å². The molecule has 0 radical (unpaired) electrons. The summed E-state index contributed by atoms with van der Waals surface area (Å²) in [6, 6.07) is 54.0. The van der Waals surface area contributed by atoms with Gasteiger partial charge in [0, 0.05) is 27.3 Å². The first-order valence-corrected chi connectivity index (χ1v) is 15.3. The largest absolute Gasteiger partial charge is 0.453 e. The summed E-state index contributed by atoms with van der Waals surface area (Å²) in [6.45, 7) is 0. The van der Waals surface area contributed by atoms with Gasteiger partial charge >= 0.3 is 0 Å². The maximum absolute atomic E-state index is 6.29. The fraction of sp³-hybridized carbons (Fsp3) is 0. The molecule has 0 atom stereocenters. The van der Waals surface area contributed by atoms with Crippen molar-refractivity contribution < 1.29 is 4.42 Å². The molecular formula is C41H26N4O. The zero-order valence-corrected chi connectivity index (χ0v) is 24.7. The van der Waals surface area contributed by atoms with Crippen LogP contribution in [-0.2, 0) is 0 Å². The van der Waals surface area contributed by atoms with Gasteiger partial charge in [0.15, 0.2) is 23.2 Å². The molecule has 5 nitrogen and oxygen atoms in total. The van der Waals surface area contributed by atoms with E-state index in [0.29, 0.717) is 23.2 Å². The van der Waals surface area contributed by atoms with Crippen LogP contribution >= 0.6 is 0 Å². The minimum absolute atomic E-state index is 0.485. The molecule has 0 amide bonds. The van der Waals surface area contributed by atoms with Gasteiger partial charge in [-0.3, -0.25) is 0 Å². The highest BCUT2D eigenvalue weighted by atomic mass is 16.3. The van der Waals surface area contributed by atoms with Gasteiger partial charge in [-0.05, 0) is 53.6 Å². The van der Waals surface area contributed by atoms with E-state index in [-0.39, 0.29) is 0 Å². The van der Waals surface area contributed by atoms with Crippen molar-refractivity contribution in [1.29, 1.82) is 0 Å². The number of hydrogen-bond acceptors (Lipinski definition) is 4. The van der Waals surface area contributed by atoms with Gasteiger partial charge in [0.25, 0.3) is 0 Å². The summed E-state index contributed by atoms with van der Waals surface area (Å²) in [6.07, 6.45) is 0. The van der Waals surface area contributed by atoms with Gasteiger partial charge in [-0.1, -0.05) is 115 Å². The first-order valence-electron chi connectivity index (χ1n) is 15.3. The molecule has 3 aromatic heterocycles. The minimum atomic E-state index is 0.485. The smallest absolute Gasteiger partial charge is 0.199 e. The predicted molar refractivity (Wildman–Crippen MR) is 186 cm³/mol. The van der Waals surface area contributed by atoms with Gasteiger partial charge in [-0.25, -0.2) is 15.0 Å². The quantitative estimate of drug-likeness (QED) is 0.200. The van der Waals surface area contributed by atoms with Crippen LogP contribution in [0.15, 0.2) is 162 Å².